The molecule has 0 amide bonds. The Labute approximate surface area is 71.2 Å². The summed E-state index contributed by atoms with van der Waals surface area (Å²) in [6.45, 7) is 5.85. The predicted octanol–water partition coefficient (Wildman–Crippen LogP) is 1.67. The highest BCUT2D eigenvalue weighted by molar-refractivity contribution is 6.33. The van der Waals surface area contributed by atoms with Crippen LogP contribution in [0.25, 0.3) is 0 Å². The molecule has 1 aliphatic heterocycles. The topological polar surface area (TPSA) is 12.0 Å². The maximum Gasteiger partial charge on any atom is 0.117 e. The lowest BCUT2D eigenvalue weighted by Gasteiger charge is -2.13. The van der Waals surface area contributed by atoms with Gasteiger partial charge in [0.2, 0.25) is 0 Å². The van der Waals surface area contributed by atoms with Crippen molar-refractivity contribution in [1.82, 2.24) is 5.32 Å². The van der Waals surface area contributed by atoms with E-state index in [0.29, 0.717) is 0 Å². The largest absolute Gasteiger partial charge is 0.314 e. The van der Waals surface area contributed by atoms with Crippen molar-refractivity contribution in [1.29, 1.82) is 0 Å². The molecule has 2 unspecified atom stereocenters. The van der Waals surface area contributed by atoms with Gasteiger partial charge in [-0.05, 0) is 32.2 Å². The standard InChI is InChI=1S/C9H20BN/c1-8-9(5-7-11-8)4-3-6-10-2/h8-11H,3-7H2,1-2H3. The summed E-state index contributed by atoms with van der Waals surface area (Å²) in [5.41, 5.74) is 0. The van der Waals surface area contributed by atoms with Crippen LogP contribution in [0.4, 0.5) is 0 Å². The number of rotatable bonds is 4. The predicted molar refractivity (Wildman–Crippen MR) is 52.6 cm³/mol. The van der Waals surface area contributed by atoms with Crippen molar-refractivity contribution >= 4 is 7.28 Å². The van der Waals surface area contributed by atoms with Crippen molar-refractivity contribution in [2.45, 2.75) is 45.4 Å². The molecule has 0 aromatic rings. The van der Waals surface area contributed by atoms with Crippen LogP contribution in [0.1, 0.15) is 26.2 Å². The maximum atomic E-state index is 3.50. The zero-order valence-corrected chi connectivity index (χ0v) is 7.90. The molecule has 11 heavy (non-hydrogen) atoms. The zero-order valence-electron chi connectivity index (χ0n) is 7.90. The van der Waals surface area contributed by atoms with Crippen LogP contribution in [0.2, 0.25) is 13.1 Å². The first-order valence-corrected chi connectivity index (χ1v) is 5.08. The average molecular weight is 153 g/mol. The molecule has 2 heteroatoms. The van der Waals surface area contributed by atoms with Crippen LogP contribution in [-0.2, 0) is 0 Å². The van der Waals surface area contributed by atoms with Gasteiger partial charge in [0, 0.05) is 6.04 Å². The van der Waals surface area contributed by atoms with Crippen molar-refractivity contribution in [3.05, 3.63) is 0 Å². The third-order valence-electron chi connectivity index (χ3n) is 2.87. The third kappa shape index (κ3) is 2.86. The molecule has 1 rings (SSSR count). The molecule has 0 aliphatic carbocycles. The summed E-state index contributed by atoms with van der Waals surface area (Å²) in [6, 6.07) is 0.784. The Morgan fingerprint density at radius 2 is 2.36 bits per heavy atom. The van der Waals surface area contributed by atoms with Crippen LogP contribution in [0.5, 0.6) is 0 Å². The highest BCUT2D eigenvalue weighted by Crippen LogP contribution is 2.21. The minimum absolute atomic E-state index is 0.784. The molecular formula is C9H20BN. The molecule has 0 aromatic heterocycles. The molecule has 1 nitrogen and oxygen atoms in total. The summed E-state index contributed by atoms with van der Waals surface area (Å²) >= 11 is 0. The van der Waals surface area contributed by atoms with Crippen LogP contribution in [-0.4, -0.2) is 19.9 Å². The number of hydrogen-bond donors (Lipinski definition) is 1. The number of hydrogen-bond acceptors (Lipinski definition) is 1. The van der Waals surface area contributed by atoms with Crippen molar-refractivity contribution in [2.24, 2.45) is 5.92 Å². The van der Waals surface area contributed by atoms with E-state index in [9.17, 15) is 0 Å². The van der Waals surface area contributed by atoms with Gasteiger partial charge in [0.25, 0.3) is 0 Å². The quantitative estimate of drug-likeness (QED) is 0.478. The normalized spacial score (nSPS) is 30.7. The molecule has 0 saturated carbocycles. The van der Waals surface area contributed by atoms with Gasteiger partial charge in [-0.1, -0.05) is 19.6 Å². The summed E-state index contributed by atoms with van der Waals surface area (Å²) in [5.74, 6) is 0.974. The zero-order chi connectivity index (χ0) is 8.10. The summed E-state index contributed by atoms with van der Waals surface area (Å²) < 4.78 is 0. The van der Waals surface area contributed by atoms with Gasteiger partial charge < -0.3 is 5.32 Å². The smallest absolute Gasteiger partial charge is 0.117 e. The van der Waals surface area contributed by atoms with Gasteiger partial charge in [0.05, 0.1) is 0 Å². The lowest BCUT2D eigenvalue weighted by molar-refractivity contribution is 0.439. The highest BCUT2D eigenvalue weighted by atomic mass is 14.9. The van der Waals surface area contributed by atoms with E-state index < -0.39 is 0 Å². The van der Waals surface area contributed by atoms with Crippen LogP contribution in [0.3, 0.4) is 0 Å². The Morgan fingerprint density at radius 3 is 2.91 bits per heavy atom. The van der Waals surface area contributed by atoms with E-state index in [0.717, 1.165) is 12.0 Å². The van der Waals surface area contributed by atoms with Crippen LogP contribution < -0.4 is 5.32 Å². The average Bonchev–Trinajstić information content (AvgIpc) is 2.37. The highest BCUT2D eigenvalue weighted by Gasteiger charge is 2.21. The molecule has 1 heterocycles. The van der Waals surface area contributed by atoms with Crippen molar-refractivity contribution in [3.63, 3.8) is 0 Å². The molecule has 1 N–H and O–H groups in total. The molecule has 0 radical (unpaired) electrons. The summed E-state index contributed by atoms with van der Waals surface area (Å²) in [4.78, 5) is 0. The molecule has 64 valence electrons. The second kappa shape index (κ2) is 4.81. The fourth-order valence-electron chi connectivity index (χ4n) is 1.96. The Bertz CT molecular complexity index is 106. The van der Waals surface area contributed by atoms with Gasteiger partial charge in [-0.25, -0.2) is 0 Å². The summed E-state index contributed by atoms with van der Waals surface area (Å²) in [7, 11) is 1.36. The third-order valence-corrected chi connectivity index (χ3v) is 2.87. The fourth-order valence-corrected chi connectivity index (χ4v) is 1.96. The Kier molecular flexibility index (Phi) is 3.99. The van der Waals surface area contributed by atoms with E-state index in [1.165, 1.54) is 39.4 Å². The van der Waals surface area contributed by atoms with Gasteiger partial charge in [-0.15, -0.1) is 0 Å². The van der Waals surface area contributed by atoms with E-state index >= 15 is 0 Å². The van der Waals surface area contributed by atoms with E-state index in [1.807, 2.05) is 0 Å². The number of nitrogens with one attached hydrogen (secondary N) is 1. The molecule has 2 atom stereocenters. The van der Waals surface area contributed by atoms with Crippen molar-refractivity contribution in [2.75, 3.05) is 6.54 Å². The Balaban J connectivity index is 2.05. The van der Waals surface area contributed by atoms with E-state index in [2.05, 4.69) is 19.1 Å². The van der Waals surface area contributed by atoms with Gasteiger partial charge in [-0.2, -0.15) is 0 Å². The van der Waals surface area contributed by atoms with Crippen LogP contribution in [0, 0.1) is 5.92 Å². The molecule has 0 spiro atoms. The molecule has 1 saturated heterocycles. The van der Waals surface area contributed by atoms with E-state index in [1.54, 1.807) is 0 Å². The van der Waals surface area contributed by atoms with E-state index in [-0.39, 0.29) is 0 Å². The first-order valence-electron chi connectivity index (χ1n) is 5.08. The van der Waals surface area contributed by atoms with Crippen LogP contribution in [0.15, 0.2) is 0 Å². The first kappa shape index (κ1) is 9.12. The second-order valence-electron chi connectivity index (χ2n) is 3.79. The Hall–Kier alpha value is 0.0249. The molecule has 1 aliphatic rings. The molecule has 0 bridgehead atoms. The fraction of sp³-hybridized carbons (Fsp3) is 1.00. The van der Waals surface area contributed by atoms with Gasteiger partial charge in [0.1, 0.15) is 7.28 Å². The lowest BCUT2D eigenvalue weighted by atomic mass is 9.75. The van der Waals surface area contributed by atoms with Gasteiger partial charge in [0.15, 0.2) is 0 Å². The summed E-state index contributed by atoms with van der Waals surface area (Å²) in [5, 5.41) is 3.50. The summed E-state index contributed by atoms with van der Waals surface area (Å²) in [6.07, 6.45) is 5.71. The van der Waals surface area contributed by atoms with E-state index in [4.69, 9.17) is 0 Å². The maximum absolute atomic E-state index is 3.50. The van der Waals surface area contributed by atoms with Gasteiger partial charge >= 0.3 is 0 Å². The first-order chi connectivity index (χ1) is 5.34. The second-order valence-corrected chi connectivity index (χ2v) is 3.79. The molecule has 1 fully saturated rings. The lowest BCUT2D eigenvalue weighted by Crippen LogP contribution is -2.22. The Morgan fingerprint density at radius 1 is 1.55 bits per heavy atom. The minimum atomic E-state index is 0.784. The van der Waals surface area contributed by atoms with Crippen molar-refractivity contribution < 1.29 is 0 Å². The molecule has 0 aromatic carbocycles. The van der Waals surface area contributed by atoms with Crippen LogP contribution >= 0.6 is 0 Å². The van der Waals surface area contributed by atoms with Gasteiger partial charge in [-0.3, -0.25) is 0 Å². The SMILES string of the molecule is CBCCCC1CCNC1C. The van der Waals surface area contributed by atoms with Crippen molar-refractivity contribution in [3.8, 4) is 0 Å². The molecular weight excluding hydrogens is 133 g/mol. The monoisotopic (exact) mass is 153 g/mol. The minimum Gasteiger partial charge on any atom is -0.314 e.